The Kier molecular flexibility index (Phi) is 5.01. The number of carbonyl (C=O) groups excluding carboxylic acids is 1. The van der Waals surface area contributed by atoms with Gasteiger partial charge in [-0.05, 0) is 30.2 Å². The maximum Gasteiger partial charge on any atom is 0.263 e. The van der Waals surface area contributed by atoms with E-state index in [1.54, 1.807) is 4.90 Å². The molecule has 0 aromatic heterocycles. The van der Waals surface area contributed by atoms with Crippen LogP contribution in [0.2, 0.25) is 0 Å². The highest BCUT2D eigenvalue weighted by molar-refractivity contribution is 5.83. The summed E-state index contributed by atoms with van der Waals surface area (Å²) < 4.78 is 5.81. The second-order valence-corrected chi connectivity index (χ2v) is 5.83. The molecular weight excluding hydrogens is 252 g/mol. The van der Waals surface area contributed by atoms with Gasteiger partial charge in [0.05, 0.1) is 0 Å². The quantitative estimate of drug-likeness (QED) is 0.864. The molecule has 20 heavy (non-hydrogen) atoms. The Morgan fingerprint density at radius 1 is 1.45 bits per heavy atom. The molecule has 0 spiro atoms. The lowest BCUT2D eigenvalue weighted by Gasteiger charge is -2.14. The van der Waals surface area contributed by atoms with Crippen molar-refractivity contribution in [2.75, 3.05) is 20.1 Å². The van der Waals surface area contributed by atoms with Gasteiger partial charge in [0.2, 0.25) is 0 Å². The highest BCUT2D eigenvalue weighted by Crippen LogP contribution is 2.19. The number of carbonyl (C=O) groups is 1. The number of benzene rings is 1. The molecule has 1 aromatic carbocycles. The van der Waals surface area contributed by atoms with Gasteiger partial charge in [-0.2, -0.15) is 0 Å². The van der Waals surface area contributed by atoms with E-state index in [0.29, 0.717) is 5.92 Å². The van der Waals surface area contributed by atoms with Crippen LogP contribution in [0.5, 0.6) is 5.75 Å². The van der Waals surface area contributed by atoms with Gasteiger partial charge in [-0.25, -0.2) is 0 Å². The lowest BCUT2D eigenvalue weighted by atomic mass is 10.2. The Morgan fingerprint density at radius 2 is 2.25 bits per heavy atom. The summed E-state index contributed by atoms with van der Waals surface area (Å²) in [5, 5.41) is 3.41. The van der Waals surface area contributed by atoms with Crippen LogP contribution >= 0.6 is 0 Å². The number of ether oxygens (including phenoxy) is 1. The van der Waals surface area contributed by atoms with Crippen LogP contribution in [0.4, 0.5) is 0 Å². The van der Waals surface area contributed by atoms with Crippen molar-refractivity contribution in [2.24, 2.45) is 5.92 Å². The number of nitrogens with zero attached hydrogens (tertiary/aromatic N) is 1. The summed E-state index contributed by atoms with van der Waals surface area (Å²) in [6.07, 6.45) is 0.449. The molecule has 0 aliphatic carbocycles. The van der Waals surface area contributed by atoms with Crippen molar-refractivity contribution in [3.05, 3.63) is 29.8 Å². The highest BCUT2D eigenvalue weighted by Gasteiger charge is 2.30. The molecule has 1 aliphatic rings. The average molecular weight is 276 g/mol. The first-order chi connectivity index (χ1) is 9.56. The summed E-state index contributed by atoms with van der Waals surface area (Å²) in [6.45, 7) is 6.98. The number of likely N-dealkylation sites (N-methyl/N-ethyl adjacent to an activating group) is 1. The Labute approximate surface area is 121 Å². The third-order valence-electron chi connectivity index (χ3n) is 3.44. The molecule has 4 nitrogen and oxygen atoms in total. The van der Waals surface area contributed by atoms with E-state index < -0.39 is 0 Å². The molecule has 0 saturated carbocycles. The Hall–Kier alpha value is -1.55. The van der Waals surface area contributed by atoms with Crippen LogP contribution in [0.15, 0.2) is 24.3 Å². The minimum Gasteiger partial charge on any atom is -0.481 e. The SMILES string of the molecule is CC(C)CNCc1cccc(OC2CCN(C)C2=O)c1. The smallest absolute Gasteiger partial charge is 0.263 e. The number of likely N-dealkylation sites (tertiary alicyclic amines) is 1. The molecule has 0 radical (unpaired) electrons. The lowest BCUT2D eigenvalue weighted by Crippen LogP contribution is -2.29. The zero-order valence-electron chi connectivity index (χ0n) is 12.6. The van der Waals surface area contributed by atoms with E-state index in [-0.39, 0.29) is 12.0 Å². The second-order valence-electron chi connectivity index (χ2n) is 5.83. The van der Waals surface area contributed by atoms with Crippen LogP contribution in [-0.2, 0) is 11.3 Å². The van der Waals surface area contributed by atoms with Gasteiger partial charge in [0, 0.05) is 26.6 Å². The molecule has 0 bridgehead atoms. The van der Waals surface area contributed by atoms with Gasteiger partial charge >= 0.3 is 0 Å². The van der Waals surface area contributed by atoms with Crippen LogP contribution in [0.25, 0.3) is 0 Å². The molecule has 1 aliphatic heterocycles. The number of nitrogens with one attached hydrogen (secondary N) is 1. The summed E-state index contributed by atoms with van der Waals surface area (Å²) in [7, 11) is 1.82. The van der Waals surface area contributed by atoms with Gasteiger partial charge in [0.25, 0.3) is 5.91 Å². The maximum absolute atomic E-state index is 11.8. The van der Waals surface area contributed by atoms with Crippen LogP contribution in [0.1, 0.15) is 25.8 Å². The number of rotatable bonds is 6. The zero-order valence-corrected chi connectivity index (χ0v) is 12.6. The lowest BCUT2D eigenvalue weighted by molar-refractivity contribution is -0.132. The van der Waals surface area contributed by atoms with Crippen LogP contribution < -0.4 is 10.1 Å². The van der Waals surface area contributed by atoms with E-state index in [1.165, 1.54) is 5.56 Å². The Morgan fingerprint density at radius 3 is 2.90 bits per heavy atom. The van der Waals surface area contributed by atoms with Crippen LogP contribution in [-0.4, -0.2) is 37.0 Å². The predicted molar refractivity (Wildman–Crippen MR) is 79.7 cm³/mol. The molecular formula is C16H24N2O2. The highest BCUT2D eigenvalue weighted by atomic mass is 16.5. The zero-order chi connectivity index (χ0) is 14.5. The third kappa shape index (κ3) is 3.97. The van der Waals surface area contributed by atoms with Gasteiger partial charge in [-0.15, -0.1) is 0 Å². The van der Waals surface area contributed by atoms with E-state index >= 15 is 0 Å². The summed E-state index contributed by atoms with van der Waals surface area (Å²) in [5.41, 5.74) is 1.18. The van der Waals surface area contributed by atoms with Gasteiger partial charge < -0.3 is 15.0 Å². The molecule has 1 aromatic rings. The fraction of sp³-hybridized carbons (Fsp3) is 0.562. The van der Waals surface area contributed by atoms with Crippen LogP contribution in [0, 0.1) is 5.92 Å². The molecule has 1 heterocycles. The largest absolute Gasteiger partial charge is 0.481 e. The minimum absolute atomic E-state index is 0.0772. The summed E-state index contributed by atoms with van der Waals surface area (Å²) >= 11 is 0. The number of hydrogen-bond acceptors (Lipinski definition) is 3. The Bertz CT molecular complexity index is 460. The van der Waals surface area contributed by atoms with Crippen molar-refractivity contribution >= 4 is 5.91 Å². The number of hydrogen-bond donors (Lipinski definition) is 1. The molecule has 1 N–H and O–H groups in total. The predicted octanol–water partition coefficient (Wildman–Crippen LogP) is 2.04. The monoisotopic (exact) mass is 276 g/mol. The maximum atomic E-state index is 11.8. The minimum atomic E-state index is -0.320. The first-order valence-corrected chi connectivity index (χ1v) is 7.27. The molecule has 1 atom stereocenters. The van der Waals surface area contributed by atoms with Crippen molar-refractivity contribution in [1.29, 1.82) is 0 Å². The fourth-order valence-corrected chi connectivity index (χ4v) is 2.30. The normalized spacial score (nSPS) is 18.9. The summed E-state index contributed by atoms with van der Waals surface area (Å²) in [4.78, 5) is 13.6. The van der Waals surface area contributed by atoms with E-state index in [2.05, 4.69) is 25.2 Å². The van der Waals surface area contributed by atoms with Gasteiger partial charge in [-0.1, -0.05) is 26.0 Å². The third-order valence-corrected chi connectivity index (χ3v) is 3.44. The van der Waals surface area contributed by atoms with E-state index in [9.17, 15) is 4.79 Å². The fourth-order valence-electron chi connectivity index (χ4n) is 2.30. The molecule has 1 unspecified atom stereocenters. The van der Waals surface area contributed by atoms with Gasteiger partial charge in [0.15, 0.2) is 6.10 Å². The first kappa shape index (κ1) is 14.9. The first-order valence-electron chi connectivity index (χ1n) is 7.27. The van der Waals surface area contributed by atoms with Crippen LogP contribution in [0.3, 0.4) is 0 Å². The average Bonchev–Trinajstić information content (AvgIpc) is 2.71. The topological polar surface area (TPSA) is 41.6 Å². The molecule has 110 valence electrons. The van der Waals surface area contributed by atoms with Crippen molar-refractivity contribution in [1.82, 2.24) is 10.2 Å². The van der Waals surface area contributed by atoms with Crippen molar-refractivity contribution < 1.29 is 9.53 Å². The van der Waals surface area contributed by atoms with Gasteiger partial charge in [-0.3, -0.25) is 4.79 Å². The Balaban J connectivity index is 1.91. The molecule has 2 rings (SSSR count). The molecule has 1 amide bonds. The van der Waals surface area contributed by atoms with E-state index in [1.807, 2.05) is 25.2 Å². The van der Waals surface area contributed by atoms with Gasteiger partial charge in [0.1, 0.15) is 5.75 Å². The molecule has 1 saturated heterocycles. The van der Waals surface area contributed by atoms with Crippen molar-refractivity contribution in [2.45, 2.75) is 32.9 Å². The number of amides is 1. The van der Waals surface area contributed by atoms with E-state index in [4.69, 9.17) is 4.74 Å². The molecule has 4 heteroatoms. The summed E-state index contributed by atoms with van der Waals surface area (Å²) in [6, 6.07) is 7.98. The van der Waals surface area contributed by atoms with Crippen molar-refractivity contribution in [3.8, 4) is 5.75 Å². The van der Waals surface area contributed by atoms with Crippen molar-refractivity contribution in [3.63, 3.8) is 0 Å². The van der Waals surface area contributed by atoms with E-state index in [0.717, 1.165) is 31.8 Å². The standard InChI is InChI=1S/C16H24N2O2/c1-12(2)10-17-11-13-5-4-6-14(9-13)20-15-7-8-18(3)16(15)19/h4-6,9,12,15,17H,7-8,10-11H2,1-3H3. The second kappa shape index (κ2) is 6.75. The molecule has 1 fully saturated rings. The summed E-state index contributed by atoms with van der Waals surface area (Å²) in [5.74, 6) is 1.50.